The molecular formula is C26H22FeO2-6. The van der Waals surface area contributed by atoms with E-state index in [2.05, 4.69) is 0 Å². The van der Waals surface area contributed by atoms with Crippen LogP contribution in [0.1, 0.15) is 43.0 Å². The summed E-state index contributed by atoms with van der Waals surface area (Å²) < 4.78 is 0. The SMILES string of the molecule is Cc1ccccc1C(=O)c1ccc[c-]1C(=O)c1ccccc1C.[Fe].[cH-]1[cH-][cH-][cH-][cH-]1. The standard InChI is InChI=1S/C21H17O2.C5H5.Fe/c1-14-8-3-5-10-16(14)20(22)18-12-7-13-19(18)21(23)17-11-6-4-9-15(17)2;1-2-4-5-3-1;/h3-13H,1-2H3;1-5H;/q-1;-5;. The molecule has 0 aromatic heterocycles. The van der Waals surface area contributed by atoms with Crippen LogP contribution in [0, 0.1) is 13.8 Å². The zero-order valence-electron chi connectivity index (χ0n) is 16.4. The Kier molecular flexibility index (Phi) is 8.08. The molecular weight excluding hydrogens is 400 g/mol. The van der Waals surface area contributed by atoms with Crippen LogP contribution in [0.4, 0.5) is 0 Å². The smallest absolute Gasteiger partial charge is 0.129 e. The number of hydrogen-bond acceptors (Lipinski definition) is 2. The third-order valence-corrected chi connectivity index (χ3v) is 4.64. The van der Waals surface area contributed by atoms with Crippen LogP contribution >= 0.6 is 0 Å². The van der Waals surface area contributed by atoms with Crippen molar-refractivity contribution < 1.29 is 26.7 Å². The summed E-state index contributed by atoms with van der Waals surface area (Å²) in [6.45, 7) is 3.80. The first kappa shape index (κ1) is 22.3. The second kappa shape index (κ2) is 10.5. The van der Waals surface area contributed by atoms with Gasteiger partial charge in [-0.2, -0.15) is 6.07 Å². The molecule has 3 heteroatoms. The Morgan fingerprint density at radius 3 is 1.69 bits per heavy atom. The molecule has 0 fully saturated rings. The molecule has 4 rings (SSSR count). The molecule has 4 aromatic carbocycles. The Labute approximate surface area is 182 Å². The van der Waals surface area contributed by atoms with E-state index < -0.39 is 0 Å². The molecule has 0 bridgehead atoms. The summed E-state index contributed by atoms with van der Waals surface area (Å²) in [5.41, 5.74) is 4.02. The van der Waals surface area contributed by atoms with Gasteiger partial charge in [-0.15, -0.1) is 12.1 Å². The van der Waals surface area contributed by atoms with Crippen LogP contribution in [0.15, 0.2) is 97.1 Å². The van der Waals surface area contributed by atoms with E-state index in [4.69, 9.17) is 0 Å². The van der Waals surface area contributed by atoms with Crippen LogP contribution in [0.5, 0.6) is 0 Å². The van der Waals surface area contributed by atoms with Gasteiger partial charge in [-0.1, -0.05) is 59.7 Å². The number of carbonyl (C=O) groups excluding carboxylic acids is 2. The Bertz CT molecular complexity index is 982. The van der Waals surface area contributed by atoms with Crippen LogP contribution in [0.25, 0.3) is 0 Å². The molecule has 0 amide bonds. The quantitative estimate of drug-likeness (QED) is 0.234. The van der Waals surface area contributed by atoms with Crippen molar-refractivity contribution in [1.29, 1.82) is 0 Å². The third-order valence-electron chi connectivity index (χ3n) is 4.64. The van der Waals surface area contributed by atoms with Crippen molar-refractivity contribution in [3.63, 3.8) is 0 Å². The van der Waals surface area contributed by atoms with Crippen molar-refractivity contribution in [2.75, 3.05) is 0 Å². The van der Waals surface area contributed by atoms with Crippen molar-refractivity contribution in [1.82, 2.24) is 0 Å². The van der Waals surface area contributed by atoms with Gasteiger partial charge in [-0.05, 0) is 36.1 Å². The molecule has 0 saturated carbocycles. The Balaban J connectivity index is 0.000000437. The van der Waals surface area contributed by atoms with Gasteiger partial charge >= 0.3 is 0 Å². The summed E-state index contributed by atoms with van der Waals surface area (Å²) in [6, 6.07) is 30.1. The van der Waals surface area contributed by atoms with Crippen LogP contribution < -0.4 is 0 Å². The monoisotopic (exact) mass is 422 g/mol. The molecule has 0 spiro atoms. The Morgan fingerprint density at radius 2 is 1.17 bits per heavy atom. The average molecular weight is 422 g/mol. The molecule has 2 nitrogen and oxygen atoms in total. The summed E-state index contributed by atoms with van der Waals surface area (Å²) in [5.74, 6) is -0.213. The molecule has 29 heavy (non-hydrogen) atoms. The van der Waals surface area contributed by atoms with Gasteiger partial charge in [0.2, 0.25) is 0 Å². The van der Waals surface area contributed by atoms with Crippen molar-refractivity contribution >= 4 is 11.6 Å². The maximum Gasteiger partial charge on any atom is 0.129 e. The molecule has 0 aliphatic heterocycles. The number of hydrogen-bond donors (Lipinski definition) is 0. The van der Waals surface area contributed by atoms with E-state index >= 15 is 0 Å². The molecule has 0 unspecified atom stereocenters. The summed E-state index contributed by atoms with van der Waals surface area (Å²) in [7, 11) is 0. The van der Waals surface area contributed by atoms with Gasteiger partial charge in [0, 0.05) is 17.1 Å². The van der Waals surface area contributed by atoms with Crippen molar-refractivity contribution in [3.8, 4) is 0 Å². The van der Waals surface area contributed by atoms with Crippen molar-refractivity contribution in [2.24, 2.45) is 0 Å². The molecule has 0 aliphatic rings. The number of carbonyl (C=O) groups is 2. The largest absolute Gasteiger partial charge is 0.748 e. The molecule has 0 saturated heterocycles. The number of ketones is 2. The van der Waals surface area contributed by atoms with Crippen molar-refractivity contribution in [3.05, 3.63) is 130 Å². The molecule has 0 aliphatic carbocycles. The van der Waals surface area contributed by atoms with E-state index in [0.29, 0.717) is 22.3 Å². The second-order valence-corrected chi connectivity index (χ2v) is 6.60. The molecule has 0 heterocycles. The number of benzene rings is 2. The van der Waals surface area contributed by atoms with Gasteiger partial charge in [0.25, 0.3) is 0 Å². The summed E-state index contributed by atoms with van der Waals surface area (Å²) >= 11 is 0. The Morgan fingerprint density at radius 1 is 0.690 bits per heavy atom. The molecule has 0 N–H and O–H groups in total. The molecule has 0 radical (unpaired) electrons. The van der Waals surface area contributed by atoms with Gasteiger partial charge in [0.15, 0.2) is 0 Å². The summed E-state index contributed by atoms with van der Waals surface area (Å²) in [4.78, 5) is 25.6. The van der Waals surface area contributed by atoms with Crippen LogP contribution in [-0.2, 0) is 17.1 Å². The van der Waals surface area contributed by atoms with Crippen LogP contribution in [0.2, 0.25) is 0 Å². The normalized spacial score (nSPS) is 9.72. The topological polar surface area (TPSA) is 34.1 Å². The van der Waals surface area contributed by atoms with E-state index in [1.165, 1.54) is 0 Å². The van der Waals surface area contributed by atoms with Crippen LogP contribution in [0.3, 0.4) is 0 Å². The van der Waals surface area contributed by atoms with Gasteiger partial charge in [-0.3, -0.25) is 0 Å². The van der Waals surface area contributed by atoms with E-state index in [9.17, 15) is 9.59 Å². The first-order valence-electron chi connectivity index (χ1n) is 9.22. The van der Waals surface area contributed by atoms with Gasteiger partial charge in [0.05, 0.1) is 0 Å². The molecule has 0 atom stereocenters. The van der Waals surface area contributed by atoms with Gasteiger partial charge in [-0.25, -0.2) is 0 Å². The fraction of sp³-hybridized carbons (Fsp3) is 0.0769. The third kappa shape index (κ3) is 5.29. The first-order valence-corrected chi connectivity index (χ1v) is 9.22. The Hall–Kier alpha value is -3.00. The first-order chi connectivity index (χ1) is 13.6. The van der Waals surface area contributed by atoms with E-state index in [0.717, 1.165) is 11.1 Å². The average Bonchev–Trinajstić information content (AvgIpc) is 3.42. The number of aryl methyl sites for hydroxylation is 2. The summed E-state index contributed by atoms with van der Waals surface area (Å²) in [6.07, 6.45) is 0. The van der Waals surface area contributed by atoms with E-state index in [-0.39, 0.29) is 28.6 Å². The fourth-order valence-electron chi connectivity index (χ4n) is 3.08. The summed E-state index contributed by atoms with van der Waals surface area (Å²) in [5, 5.41) is 0. The van der Waals surface area contributed by atoms with E-state index in [1.807, 2.05) is 80.6 Å². The minimum absolute atomic E-state index is 0. The number of rotatable bonds is 4. The van der Waals surface area contributed by atoms with E-state index in [1.54, 1.807) is 30.3 Å². The van der Waals surface area contributed by atoms with Gasteiger partial charge in [0.1, 0.15) is 11.6 Å². The zero-order valence-corrected chi connectivity index (χ0v) is 17.5. The minimum atomic E-state index is -0.106. The molecule has 152 valence electrons. The second-order valence-electron chi connectivity index (χ2n) is 6.60. The predicted octanol–water partition coefficient (Wildman–Crippen LogP) is 5.89. The predicted molar refractivity (Wildman–Crippen MR) is 113 cm³/mol. The van der Waals surface area contributed by atoms with Crippen molar-refractivity contribution in [2.45, 2.75) is 13.8 Å². The zero-order chi connectivity index (χ0) is 19.9. The maximum absolute atomic E-state index is 12.8. The van der Waals surface area contributed by atoms with Crippen LogP contribution in [-0.4, -0.2) is 11.6 Å². The fourth-order valence-corrected chi connectivity index (χ4v) is 3.08. The van der Waals surface area contributed by atoms with Gasteiger partial charge < -0.3 is 39.9 Å². The molecule has 4 aromatic rings. The maximum atomic E-state index is 12.8. The minimum Gasteiger partial charge on any atom is -0.748 e.